The Morgan fingerprint density at radius 1 is 1.37 bits per heavy atom. The maximum absolute atomic E-state index is 11.9. The van der Waals surface area contributed by atoms with E-state index in [9.17, 15) is 13.2 Å². The zero-order chi connectivity index (χ0) is 14.5. The summed E-state index contributed by atoms with van der Waals surface area (Å²) in [5, 5.41) is 3.25. The van der Waals surface area contributed by atoms with Crippen molar-refractivity contribution < 1.29 is 22.3 Å². The lowest BCUT2D eigenvalue weighted by Gasteiger charge is -2.06. The van der Waals surface area contributed by atoms with Crippen LogP contribution in [0.4, 0.5) is 13.2 Å². The lowest BCUT2D eigenvalue weighted by Crippen LogP contribution is -2.19. The molecule has 0 amide bonds. The lowest BCUT2D eigenvalue weighted by atomic mass is 10.2. The molecule has 0 saturated carbocycles. The zero-order valence-electron chi connectivity index (χ0n) is 11.4. The Labute approximate surface area is 111 Å². The Balaban J connectivity index is 2.40. The third-order valence-electron chi connectivity index (χ3n) is 2.45. The Kier molecular flexibility index (Phi) is 5.87. The number of hydrogen-bond acceptors (Lipinski definition) is 3. The first-order valence-electron chi connectivity index (χ1n) is 6.21. The van der Waals surface area contributed by atoms with Crippen molar-refractivity contribution in [2.45, 2.75) is 40.1 Å². The van der Waals surface area contributed by atoms with E-state index in [1.54, 1.807) is 13.0 Å². The minimum absolute atomic E-state index is 0.162. The van der Waals surface area contributed by atoms with Crippen LogP contribution in [0.1, 0.15) is 30.9 Å². The largest absolute Gasteiger partial charge is 0.464 e. The normalized spacial score (nSPS) is 12.4. The van der Waals surface area contributed by atoms with Crippen molar-refractivity contribution >= 4 is 0 Å². The molecule has 110 valence electrons. The second kappa shape index (κ2) is 6.96. The molecule has 1 aromatic rings. The van der Waals surface area contributed by atoms with Gasteiger partial charge < -0.3 is 14.5 Å². The average molecular weight is 279 g/mol. The first-order valence-corrected chi connectivity index (χ1v) is 6.21. The molecule has 19 heavy (non-hydrogen) atoms. The van der Waals surface area contributed by atoms with Gasteiger partial charge in [-0.05, 0) is 25.5 Å². The first kappa shape index (κ1) is 16.0. The van der Waals surface area contributed by atoms with Gasteiger partial charge in [-0.2, -0.15) is 13.2 Å². The van der Waals surface area contributed by atoms with E-state index in [-0.39, 0.29) is 6.61 Å². The van der Waals surface area contributed by atoms with E-state index >= 15 is 0 Å². The van der Waals surface area contributed by atoms with Crippen LogP contribution >= 0.6 is 0 Å². The van der Waals surface area contributed by atoms with Gasteiger partial charge in [0.25, 0.3) is 0 Å². The predicted octanol–water partition coefficient (Wildman–Crippen LogP) is 3.41. The zero-order valence-corrected chi connectivity index (χ0v) is 11.4. The molecule has 0 spiro atoms. The highest BCUT2D eigenvalue weighted by Gasteiger charge is 2.27. The smallest absolute Gasteiger partial charge is 0.411 e. The monoisotopic (exact) mass is 279 g/mol. The number of ether oxygens (including phenoxy) is 1. The van der Waals surface area contributed by atoms with E-state index in [4.69, 9.17) is 4.42 Å². The molecule has 0 aromatic carbocycles. The molecule has 1 heterocycles. The van der Waals surface area contributed by atoms with Gasteiger partial charge in [0, 0.05) is 12.1 Å². The summed E-state index contributed by atoms with van der Waals surface area (Å²) >= 11 is 0. The molecule has 6 heteroatoms. The van der Waals surface area contributed by atoms with E-state index in [1.807, 2.05) is 0 Å². The maximum atomic E-state index is 11.9. The van der Waals surface area contributed by atoms with Gasteiger partial charge in [-0.1, -0.05) is 13.8 Å². The van der Waals surface area contributed by atoms with Crippen LogP contribution in [0.5, 0.6) is 0 Å². The van der Waals surface area contributed by atoms with E-state index in [2.05, 4.69) is 23.9 Å². The van der Waals surface area contributed by atoms with Crippen LogP contribution in [-0.2, 0) is 17.9 Å². The Hall–Kier alpha value is -1.01. The summed E-state index contributed by atoms with van der Waals surface area (Å²) in [5.41, 5.74) is 0.950. The second-order valence-corrected chi connectivity index (χ2v) is 4.93. The molecular formula is C13H20F3NO2. The molecule has 0 saturated heterocycles. The van der Waals surface area contributed by atoms with E-state index < -0.39 is 12.8 Å². The van der Waals surface area contributed by atoms with Crippen LogP contribution in [0.25, 0.3) is 0 Å². The van der Waals surface area contributed by atoms with Crippen molar-refractivity contribution in [1.82, 2.24) is 5.32 Å². The van der Waals surface area contributed by atoms with Crippen molar-refractivity contribution in [3.8, 4) is 0 Å². The standard InChI is InChI=1S/C13H20F3NO2/c1-9(2)5-17-6-11-4-12(19-10(11)3)7-18-8-13(14,15)16/h4,9,17H,5-8H2,1-3H3. The van der Waals surface area contributed by atoms with Gasteiger partial charge >= 0.3 is 6.18 Å². The third kappa shape index (κ3) is 6.63. The van der Waals surface area contributed by atoms with Crippen LogP contribution < -0.4 is 5.32 Å². The number of hydrogen-bond donors (Lipinski definition) is 1. The van der Waals surface area contributed by atoms with Crippen molar-refractivity contribution in [3.63, 3.8) is 0 Å². The Morgan fingerprint density at radius 3 is 2.63 bits per heavy atom. The number of nitrogens with one attached hydrogen (secondary N) is 1. The minimum atomic E-state index is -4.30. The molecule has 0 aliphatic carbocycles. The summed E-state index contributed by atoms with van der Waals surface area (Å²) in [7, 11) is 0. The lowest BCUT2D eigenvalue weighted by molar-refractivity contribution is -0.177. The highest BCUT2D eigenvalue weighted by atomic mass is 19.4. The molecule has 0 radical (unpaired) electrons. The van der Waals surface area contributed by atoms with Gasteiger partial charge in [0.05, 0.1) is 0 Å². The quantitative estimate of drug-likeness (QED) is 0.830. The van der Waals surface area contributed by atoms with Crippen molar-refractivity contribution in [2.75, 3.05) is 13.2 Å². The summed E-state index contributed by atoms with van der Waals surface area (Å²) < 4.78 is 45.7. The van der Waals surface area contributed by atoms with Gasteiger partial charge in [0.15, 0.2) is 0 Å². The number of furan rings is 1. The van der Waals surface area contributed by atoms with Gasteiger partial charge in [0.2, 0.25) is 0 Å². The van der Waals surface area contributed by atoms with Crippen LogP contribution in [0, 0.1) is 12.8 Å². The van der Waals surface area contributed by atoms with Gasteiger partial charge in [0.1, 0.15) is 24.7 Å². The van der Waals surface area contributed by atoms with Gasteiger partial charge in [-0.25, -0.2) is 0 Å². The minimum Gasteiger partial charge on any atom is -0.464 e. The summed E-state index contributed by atoms with van der Waals surface area (Å²) in [6, 6.07) is 1.74. The van der Waals surface area contributed by atoms with Crippen LogP contribution in [0.3, 0.4) is 0 Å². The molecule has 1 N–H and O–H groups in total. The summed E-state index contributed by atoms with van der Waals surface area (Å²) in [5.74, 6) is 1.67. The molecule has 0 aliphatic heterocycles. The van der Waals surface area contributed by atoms with Gasteiger partial charge in [-0.3, -0.25) is 0 Å². The van der Waals surface area contributed by atoms with Gasteiger partial charge in [-0.15, -0.1) is 0 Å². The Bertz CT molecular complexity index is 386. The number of alkyl halides is 3. The number of halogens is 3. The number of rotatable bonds is 7. The fraction of sp³-hybridized carbons (Fsp3) is 0.692. The molecule has 0 bridgehead atoms. The van der Waals surface area contributed by atoms with E-state index in [1.165, 1.54) is 0 Å². The molecular weight excluding hydrogens is 259 g/mol. The topological polar surface area (TPSA) is 34.4 Å². The molecule has 0 fully saturated rings. The van der Waals surface area contributed by atoms with Crippen molar-refractivity contribution in [2.24, 2.45) is 5.92 Å². The van der Waals surface area contributed by atoms with Crippen molar-refractivity contribution in [3.05, 3.63) is 23.2 Å². The fourth-order valence-electron chi connectivity index (χ4n) is 1.60. The summed E-state index contributed by atoms with van der Waals surface area (Å²) in [6.07, 6.45) is -4.30. The highest BCUT2D eigenvalue weighted by molar-refractivity contribution is 5.20. The second-order valence-electron chi connectivity index (χ2n) is 4.93. The SMILES string of the molecule is Cc1oc(COCC(F)(F)F)cc1CNCC(C)C. The van der Waals surface area contributed by atoms with Crippen LogP contribution in [0.15, 0.2) is 10.5 Å². The van der Waals surface area contributed by atoms with E-state index in [0.717, 1.165) is 12.1 Å². The molecule has 1 aromatic heterocycles. The highest BCUT2D eigenvalue weighted by Crippen LogP contribution is 2.18. The fourth-order valence-corrected chi connectivity index (χ4v) is 1.60. The number of aryl methyl sites for hydroxylation is 1. The Morgan fingerprint density at radius 2 is 2.05 bits per heavy atom. The maximum Gasteiger partial charge on any atom is 0.411 e. The molecule has 3 nitrogen and oxygen atoms in total. The molecule has 0 atom stereocenters. The summed E-state index contributed by atoms with van der Waals surface area (Å²) in [6.45, 7) is 6.10. The van der Waals surface area contributed by atoms with Crippen molar-refractivity contribution in [1.29, 1.82) is 0 Å². The average Bonchev–Trinajstić information content (AvgIpc) is 2.57. The third-order valence-corrected chi connectivity index (χ3v) is 2.45. The predicted molar refractivity (Wildman–Crippen MR) is 65.7 cm³/mol. The van der Waals surface area contributed by atoms with Crippen LogP contribution in [-0.4, -0.2) is 19.3 Å². The first-order chi connectivity index (χ1) is 8.78. The van der Waals surface area contributed by atoms with E-state index in [0.29, 0.717) is 24.0 Å². The van der Waals surface area contributed by atoms with Crippen LogP contribution in [0.2, 0.25) is 0 Å². The molecule has 0 aliphatic rings. The summed E-state index contributed by atoms with van der Waals surface area (Å²) in [4.78, 5) is 0. The molecule has 0 unspecified atom stereocenters. The molecule has 1 rings (SSSR count).